The maximum Gasteiger partial charge on any atom is 0.338 e. The molecule has 3 rings (SSSR count). The Morgan fingerprint density at radius 1 is 0.958 bits per heavy atom. The van der Waals surface area contributed by atoms with E-state index in [0.29, 0.717) is 11.5 Å². The quantitative estimate of drug-likeness (QED) is 0.877. The number of esters is 1. The van der Waals surface area contributed by atoms with Gasteiger partial charge in [-0.05, 0) is 37.1 Å². The molecule has 24 heavy (non-hydrogen) atoms. The lowest BCUT2D eigenvalue weighted by atomic mass is 9.83. The number of ether oxygens (including phenoxy) is 1. The van der Waals surface area contributed by atoms with E-state index in [1.54, 1.807) is 0 Å². The summed E-state index contributed by atoms with van der Waals surface area (Å²) < 4.78 is 5.86. The van der Waals surface area contributed by atoms with Gasteiger partial charge in [0.1, 0.15) is 5.60 Å². The third kappa shape index (κ3) is 3.85. The highest BCUT2D eigenvalue weighted by Gasteiger charge is 2.35. The average molecular weight is 324 g/mol. The maximum atomic E-state index is 12.5. The first kappa shape index (κ1) is 16.7. The fourth-order valence-corrected chi connectivity index (χ4v) is 3.43. The molecule has 1 fully saturated rings. The van der Waals surface area contributed by atoms with Crippen LogP contribution in [0.15, 0.2) is 54.6 Å². The SMILES string of the molecule is CC(C)(OC(=O)c1ccc(-c2ccccc2)cc1)C1CC[NH2+]CC1. The van der Waals surface area contributed by atoms with Gasteiger partial charge in [-0.2, -0.15) is 0 Å². The van der Waals surface area contributed by atoms with Crippen molar-refractivity contribution in [3.8, 4) is 11.1 Å². The van der Waals surface area contributed by atoms with Crippen LogP contribution < -0.4 is 5.32 Å². The van der Waals surface area contributed by atoms with Crippen molar-refractivity contribution in [3.63, 3.8) is 0 Å². The van der Waals surface area contributed by atoms with Gasteiger partial charge in [0.05, 0.1) is 18.7 Å². The number of nitrogens with two attached hydrogens (primary N) is 1. The van der Waals surface area contributed by atoms with Crippen molar-refractivity contribution >= 4 is 5.97 Å². The first-order valence-electron chi connectivity index (χ1n) is 8.77. The molecule has 0 unspecified atom stereocenters. The van der Waals surface area contributed by atoms with Gasteiger partial charge in [-0.3, -0.25) is 0 Å². The summed E-state index contributed by atoms with van der Waals surface area (Å²) in [7, 11) is 0. The molecule has 1 saturated heterocycles. The lowest BCUT2D eigenvalue weighted by Gasteiger charge is -2.35. The smallest absolute Gasteiger partial charge is 0.338 e. The van der Waals surface area contributed by atoms with Crippen LogP contribution in [-0.4, -0.2) is 24.7 Å². The number of hydrogen-bond donors (Lipinski definition) is 1. The summed E-state index contributed by atoms with van der Waals surface area (Å²) in [5.74, 6) is 0.212. The molecular formula is C21H26NO2+. The Labute approximate surface area is 144 Å². The summed E-state index contributed by atoms with van der Waals surface area (Å²) in [6.07, 6.45) is 2.21. The average Bonchev–Trinajstić information content (AvgIpc) is 2.63. The molecule has 0 saturated carbocycles. The van der Waals surface area contributed by atoms with Crippen molar-refractivity contribution in [2.45, 2.75) is 32.3 Å². The zero-order valence-corrected chi connectivity index (χ0v) is 14.5. The summed E-state index contributed by atoms with van der Waals surface area (Å²) in [4.78, 5) is 12.5. The van der Waals surface area contributed by atoms with Crippen LogP contribution in [0, 0.1) is 5.92 Å². The van der Waals surface area contributed by atoms with E-state index in [1.807, 2.05) is 56.3 Å². The predicted molar refractivity (Wildman–Crippen MR) is 95.8 cm³/mol. The lowest BCUT2D eigenvalue weighted by Crippen LogP contribution is -2.86. The molecule has 0 atom stereocenters. The number of carbonyl (C=O) groups is 1. The Morgan fingerprint density at radius 2 is 1.54 bits per heavy atom. The van der Waals surface area contributed by atoms with Gasteiger partial charge in [0.15, 0.2) is 0 Å². The van der Waals surface area contributed by atoms with Gasteiger partial charge in [-0.15, -0.1) is 0 Å². The van der Waals surface area contributed by atoms with E-state index >= 15 is 0 Å². The van der Waals surface area contributed by atoms with Gasteiger partial charge < -0.3 is 10.1 Å². The van der Waals surface area contributed by atoms with E-state index in [4.69, 9.17) is 4.74 Å². The molecular weight excluding hydrogens is 298 g/mol. The van der Waals surface area contributed by atoms with Crippen molar-refractivity contribution < 1.29 is 14.8 Å². The number of hydrogen-bond acceptors (Lipinski definition) is 2. The summed E-state index contributed by atoms with van der Waals surface area (Å²) in [6, 6.07) is 17.8. The predicted octanol–water partition coefficient (Wildman–Crippen LogP) is 3.26. The second kappa shape index (κ2) is 7.18. The minimum atomic E-state index is -0.413. The molecule has 0 amide bonds. The van der Waals surface area contributed by atoms with Crippen molar-refractivity contribution in [3.05, 3.63) is 60.2 Å². The molecule has 0 aromatic heterocycles. The van der Waals surface area contributed by atoms with Crippen LogP contribution in [-0.2, 0) is 4.74 Å². The molecule has 2 N–H and O–H groups in total. The fourth-order valence-electron chi connectivity index (χ4n) is 3.43. The van der Waals surface area contributed by atoms with Crippen molar-refractivity contribution in [2.75, 3.05) is 13.1 Å². The van der Waals surface area contributed by atoms with Crippen molar-refractivity contribution in [2.24, 2.45) is 5.92 Å². The minimum absolute atomic E-state index is 0.228. The molecule has 126 valence electrons. The molecule has 0 bridgehead atoms. The van der Waals surface area contributed by atoms with Gasteiger partial charge in [-0.25, -0.2) is 4.79 Å². The maximum absolute atomic E-state index is 12.5. The Kier molecular flexibility index (Phi) is 5.00. The lowest BCUT2D eigenvalue weighted by molar-refractivity contribution is -0.665. The number of quaternary nitrogens is 1. The molecule has 1 aliphatic heterocycles. The molecule has 1 heterocycles. The summed E-state index contributed by atoms with van der Waals surface area (Å²) in [6.45, 7) is 6.33. The molecule has 0 radical (unpaired) electrons. The van der Waals surface area contributed by atoms with Crippen molar-refractivity contribution in [1.82, 2.24) is 0 Å². The normalized spacial score (nSPS) is 15.9. The van der Waals surface area contributed by atoms with Crippen LogP contribution in [0.2, 0.25) is 0 Å². The highest BCUT2D eigenvalue weighted by molar-refractivity contribution is 5.90. The van der Waals surface area contributed by atoms with E-state index in [9.17, 15) is 4.79 Å². The van der Waals surface area contributed by atoms with Crippen molar-refractivity contribution in [1.29, 1.82) is 0 Å². The van der Waals surface area contributed by atoms with E-state index in [2.05, 4.69) is 17.4 Å². The first-order chi connectivity index (χ1) is 11.6. The van der Waals surface area contributed by atoms with Crippen LogP contribution in [0.1, 0.15) is 37.0 Å². The van der Waals surface area contributed by atoms with E-state index in [0.717, 1.165) is 37.1 Å². The summed E-state index contributed by atoms with van der Waals surface area (Å²) in [5.41, 5.74) is 2.46. The van der Waals surface area contributed by atoms with Gasteiger partial charge in [0.25, 0.3) is 0 Å². The highest BCUT2D eigenvalue weighted by Crippen LogP contribution is 2.29. The Bertz CT molecular complexity index is 671. The van der Waals surface area contributed by atoms with Crippen LogP contribution in [0.4, 0.5) is 0 Å². The largest absolute Gasteiger partial charge is 0.456 e. The number of carbonyl (C=O) groups excluding carboxylic acids is 1. The highest BCUT2D eigenvalue weighted by atomic mass is 16.6. The fraction of sp³-hybridized carbons (Fsp3) is 0.381. The zero-order chi connectivity index (χ0) is 17.0. The molecule has 2 aromatic carbocycles. The second-order valence-corrected chi connectivity index (χ2v) is 7.08. The number of piperidine rings is 1. The molecule has 1 aliphatic rings. The molecule has 3 heteroatoms. The molecule has 3 nitrogen and oxygen atoms in total. The van der Waals surface area contributed by atoms with E-state index in [1.165, 1.54) is 0 Å². The van der Waals surface area contributed by atoms with Crippen LogP contribution >= 0.6 is 0 Å². The van der Waals surface area contributed by atoms with Crippen LogP contribution in [0.5, 0.6) is 0 Å². The Hall–Kier alpha value is -2.13. The van der Waals surface area contributed by atoms with Gasteiger partial charge in [-0.1, -0.05) is 42.5 Å². The van der Waals surface area contributed by atoms with Crippen LogP contribution in [0.3, 0.4) is 0 Å². The van der Waals surface area contributed by atoms with E-state index < -0.39 is 5.60 Å². The monoisotopic (exact) mass is 324 g/mol. The van der Waals surface area contributed by atoms with Gasteiger partial charge >= 0.3 is 5.97 Å². The number of benzene rings is 2. The summed E-state index contributed by atoms with van der Waals surface area (Å²) in [5, 5.41) is 2.33. The number of rotatable bonds is 4. The Morgan fingerprint density at radius 3 is 2.17 bits per heavy atom. The summed E-state index contributed by atoms with van der Waals surface area (Å²) >= 11 is 0. The van der Waals surface area contributed by atoms with E-state index in [-0.39, 0.29) is 5.97 Å². The second-order valence-electron chi connectivity index (χ2n) is 7.08. The molecule has 0 spiro atoms. The standard InChI is InChI=1S/C21H25NO2/c1-21(2,19-12-14-22-15-13-19)24-20(23)18-10-8-17(9-11-18)16-6-4-3-5-7-16/h3-11,19,22H,12-15H2,1-2H3/p+1. The Balaban J connectivity index is 1.68. The topological polar surface area (TPSA) is 42.9 Å². The third-order valence-electron chi connectivity index (χ3n) is 5.01. The third-order valence-corrected chi connectivity index (χ3v) is 5.01. The first-order valence-corrected chi connectivity index (χ1v) is 8.77. The molecule has 0 aliphatic carbocycles. The molecule has 2 aromatic rings. The zero-order valence-electron chi connectivity index (χ0n) is 14.5. The van der Waals surface area contributed by atoms with Gasteiger partial charge in [0, 0.05) is 18.8 Å². The minimum Gasteiger partial charge on any atom is -0.456 e. The van der Waals surface area contributed by atoms with Crippen LogP contribution in [0.25, 0.3) is 11.1 Å². The van der Waals surface area contributed by atoms with Gasteiger partial charge in [0.2, 0.25) is 0 Å².